The van der Waals surface area contributed by atoms with Gasteiger partial charge in [-0.3, -0.25) is 9.69 Å². The van der Waals surface area contributed by atoms with Crippen molar-refractivity contribution in [2.24, 2.45) is 0 Å². The lowest BCUT2D eigenvalue weighted by molar-refractivity contribution is 0.0534. The largest absolute Gasteiger partial charge is 0.292 e. The lowest BCUT2D eigenvalue weighted by atomic mass is 9.81. The van der Waals surface area contributed by atoms with E-state index in [-0.39, 0.29) is 11.3 Å². The fraction of sp³-hybridized carbons (Fsp3) is 0.611. The average molecular weight is 275 g/mol. The number of ketones is 1. The van der Waals surface area contributed by atoms with Gasteiger partial charge in [-0.2, -0.15) is 0 Å². The van der Waals surface area contributed by atoms with Crippen molar-refractivity contribution in [3.63, 3.8) is 0 Å². The molecule has 0 amide bonds. The van der Waals surface area contributed by atoms with E-state index in [1.165, 1.54) is 0 Å². The van der Waals surface area contributed by atoms with Gasteiger partial charge in [-0.15, -0.1) is 0 Å². The highest BCUT2D eigenvalue weighted by Crippen LogP contribution is 2.30. The molecule has 0 fully saturated rings. The first-order chi connectivity index (χ1) is 9.46. The Labute approximate surface area is 124 Å². The number of nitrogens with zero attached hydrogens (tertiary/aromatic N) is 1. The average Bonchev–Trinajstić information content (AvgIpc) is 2.46. The number of likely N-dealkylation sites (N-methyl/N-ethyl adjacent to an activating group) is 1. The second-order valence-corrected chi connectivity index (χ2v) is 5.56. The molecule has 1 aromatic carbocycles. The standard InChI is InChI=1S/C18H29NO/c1-7-18(8-2,19(9-3)10-4)17(20)16-13-14(5)11-12-15(16)6/h11-13H,7-10H2,1-6H3. The number of rotatable bonds is 7. The van der Waals surface area contributed by atoms with Crippen molar-refractivity contribution >= 4 is 5.78 Å². The SMILES string of the molecule is CCN(CC)C(CC)(CC)C(=O)c1cc(C)ccc1C. The van der Waals surface area contributed by atoms with Gasteiger partial charge in [-0.1, -0.05) is 45.4 Å². The van der Waals surface area contributed by atoms with E-state index in [2.05, 4.69) is 44.7 Å². The molecular weight excluding hydrogens is 246 g/mol. The van der Waals surface area contributed by atoms with Crippen molar-refractivity contribution in [1.29, 1.82) is 0 Å². The summed E-state index contributed by atoms with van der Waals surface area (Å²) in [6.07, 6.45) is 1.72. The molecule has 0 aliphatic carbocycles. The summed E-state index contributed by atoms with van der Waals surface area (Å²) in [7, 11) is 0. The molecule has 2 nitrogen and oxygen atoms in total. The number of hydrogen-bond acceptors (Lipinski definition) is 2. The highest BCUT2D eigenvalue weighted by atomic mass is 16.1. The summed E-state index contributed by atoms with van der Waals surface area (Å²) in [6.45, 7) is 14.4. The number of Topliss-reactive ketones (excluding diaryl/α,β-unsaturated/α-hetero) is 1. The minimum atomic E-state index is -0.359. The number of benzene rings is 1. The molecule has 0 aromatic heterocycles. The highest BCUT2D eigenvalue weighted by molar-refractivity contribution is 6.04. The van der Waals surface area contributed by atoms with Crippen LogP contribution in [0.3, 0.4) is 0 Å². The number of aryl methyl sites for hydroxylation is 2. The number of carbonyl (C=O) groups is 1. The Morgan fingerprint density at radius 2 is 1.60 bits per heavy atom. The summed E-state index contributed by atoms with van der Waals surface area (Å²) in [6, 6.07) is 6.17. The van der Waals surface area contributed by atoms with Gasteiger partial charge in [0, 0.05) is 5.56 Å². The molecule has 0 radical (unpaired) electrons. The molecule has 2 heteroatoms. The minimum absolute atomic E-state index is 0.285. The molecule has 0 bridgehead atoms. The molecule has 1 rings (SSSR count). The predicted octanol–water partition coefficient (Wildman–Crippen LogP) is 4.39. The van der Waals surface area contributed by atoms with Crippen LogP contribution in [-0.4, -0.2) is 29.3 Å². The van der Waals surface area contributed by atoms with E-state index in [0.29, 0.717) is 0 Å². The van der Waals surface area contributed by atoms with E-state index < -0.39 is 0 Å². The Hall–Kier alpha value is -1.15. The number of carbonyl (C=O) groups excluding carboxylic acids is 1. The molecular formula is C18H29NO. The van der Waals surface area contributed by atoms with Gasteiger partial charge in [0.1, 0.15) is 0 Å². The van der Waals surface area contributed by atoms with Crippen LogP contribution in [0.4, 0.5) is 0 Å². The molecule has 0 aliphatic heterocycles. The summed E-state index contributed by atoms with van der Waals surface area (Å²) in [5.41, 5.74) is 2.77. The van der Waals surface area contributed by atoms with Crippen molar-refractivity contribution in [2.45, 2.75) is 59.9 Å². The lowest BCUT2D eigenvalue weighted by Gasteiger charge is -2.41. The lowest BCUT2D eigenvalue weighted by Crippen LogP contribution is -2.54. The Bertz CT molecular complexity index is 456. The van der Waals surface area contributed by atoms with Gasteiger partial charge in [0.15, 0.2) is 5.78 Å². The zero-order valence-electron chi connectivity index (χ0n) is 13.9. The number of hydrogen-bond donors (Lipinski definition) is 0. The van der Waals surface area contributed by atoms with Crippen LogP contribution in [0, 0.1) is 13.8 Å². The van der Waals surface area contributed by atoms with Crippen LogP contribution in [-0.2, 0) is 0 Å². The third kappa shape index (κ3) is 2.95. The van der Waals surface area contributed by atoms with E-state index in [1.807, 2.05) is 19.9 Å². The third-order valence-corrected chi connectivity index (χ3v) is 4.60. The van der Waals surface area contributed by atoms with Gasteiger partial charge >= 0.3 is 0 Å². The Kier molecular flexibility index (Phi) is 5.94. The monoisotopic (exact) mass is 275 g/mol. The smallest absolute Gasteiger partial charge is 0.183 e. The topological polar surface area (TPSA) is 20.3 Å². The minimum Gasteiger partial charge on any atom is -0.292 e. The van der Waals surface area contributed by atoms with Crippen LogP contribution in [0.25, 0.3) is 0 Å². The maximum absolute atomic E-state index is 13.2. The maximum Gasteiger partial charge on any atom is 0.183 e. The fourth-order valence-corrected chi connectivity index (χ4v) is 3.22. The zero-order chi connectivity index (χ0) is 15.3. The first kappa shape index (κ1) is 16.9. The van der Waals surface area contributed by atoms with Gasteiger partial charge in [0.05, 0.1) is 5.54 Å². The molecule has 0 unspecified atom stereocenters. The van der Waals surface area contributed by atoms with Crippen LogP contribution in [0.1, 0.15) is 62.0 Å². The molecule has 0 N–H and O–H groups in total. The third-order valence-electron chi connectivity index (χ3n) is 4.60. The Morgan fingerprint density at radius 1 is 1.05 bits per heavy atom. The van der Waals surface area contributed by atoms with E-state index in [4.69, 9.17) is 0 Å². The summed E-state index contributed by atoms with van der Waals surface area (Å²) >= 11 is 0. The van der Waals surface area contributed by atoms with Crippen molar-refractivity contribution in [2.75, 3.05) is 13.1 Å². The second-order valence-electron chi connectivity index (χ2n) is 5.56. The van der Waals surface area contributed by atoms with Crippen LogP contribution in [0.15, 0.2) is 18.2 Å². The molecule has 1 aromatic rings. The van der Waals surface area contributed by atoms with Gasteiger partial charge in [-0.05, 0) is 51.4 Å². The van der Waals surface area contributed by atoms with Gasteiger partial charge < -0.3 is 0 Å². The molecule has 0 atom stereocenters. The molecule has 0 heterocycles. The van der Waals surface area contributed by atoms with Crippen LogP contribution < -0.4 is 0 Å². The first-order valence-corrected chi connectivity index (χ1v) is 7.83. The summed E-state index contributed by atoms with van der Waals surface area (Å²) in [4.78, 5) is 15.5. The first-order valence-electron chi connectivity index (χ1n) is 7.83. The van der Waals surface area contributed by atoms with Crippen LogP contribution >= 0.6 is 0 Å². The molecule has 0 saturated carbocycles. The quantitative estimate of drug-likeness (QED) is 0.688. The maximum atomic E-state index is 13.2. The van der Waals surface area contributed by atoms with E-state index in [9.17, 15) is 4.79 Å². The second kappa shape index (κ2) is 7.03. The summed E-state index contributed by atoms with van der Waals surface area (Å²) in [5, 5.41) is 0. The Morgan fingerprint density at radius 3 is 2.05 bits per heavy atom. The van der Waals surface area contributed by atoms with E-state index >= 15 is 0 Å². The molecule has 0 saturated heterocycles. The molecule has 112 valence electrons. The highest BCUT2D eigenvalue weighted by Gasteiger charge is 2.40. The van der Waals surface area contributed by atoms with Crippen molar-refractivity contribution in [1.82, 2.24) is 4.90 Å². The van der Waals surface area contributed by atoms with Gasteiger partial charge in [0.2, 0.25) is 0 Å². The van der Waals surface area contributed by atoms with Crippen LogP contribution in [0.2, 0.25) is 0 Å². The molecule has 0 aliphatic rings. The molecule has 20 heavy (non-hydrogen) atoms. The van der Waals surface area contributed by atoms with Crippen molar-refractivity contribution < 1.29 is 4.79 Å². The summed E-state index contributed by atoms with van der Waals surface area (Å²) < 4.78 is 0. The Balaban J connectivity index is 3.34. The van der Waals surface area contributed by atoms with Crippen molar-refractivity contribution in [3.8, 4) is 0 Å². The summed E-state index contributed by atoms with van der Waals surface area (Å²) in [5.74, 6) is 0.285. The van der Waals surface area contributed by atoms with E-state index in [1.54, 1.807) is 0 Å². The predicted molar refractivity (Wildman–Crippen MR) is 86.5 cm³/mol. The molecule has 0 spiro atoms. The van der Waals surface area contributed by atoms with Gasteiger partial charge in [0.25, 0.3) is 0 Å². The van der Waals surface area contributed by atoms with Gasteiger partial charge in [-0.25, -0.2) is 0 Å². The van der Waals surface area contributed by atoms with E-state index in [0.717, 1.165) is 42.6 Å². The van der Waals surface area contributed by atoms with Crippen LogP contribution in [0.5, 0.6) is 0 Å². The fourth-order valence-electron chi connectivity index (χ4n) is 3.22. The van der Waals surface area contributed by atoms with Crippen molar-refractivity contribution in [3.05, 3.63) is 34.9 Å². The normalized spacial score (nSPS) is 11.9. The zero-order valence-corrected chi connectivity index (χ0v) is 13.9.